The summed E-state index contributed by atoms with van der Waals surface area (Å²) in [6.45, 7) is 4.91. The smallest absolute Gasteiger partial charge is 0.271 e. The molecule has 0 aliphatic carbocycles. The number of carbonyl (C=O) groups excluding carboxylic acids is 1. The summed E-state index contributed by atoms with van der Waals surface area (Å²) < 4.78 is 11.0. The largest absolute Gasteiger partial charge is 0.494 e. The van der Waals surface area contributed by atoms with Gasteiger partial charge in [0.05, 0.1) is 19.4 Å². The van der Waals surface area contributed by atoms with Gasteiger partial charge in [-0.05, 0) is 44.2 Å². The number of amides is 1. The van der Waals surface area contributed by atoms with Crippen LogP contribution >= 0.6 is 11.6 Å². The van der Waals surface area contributed by atoms with Crippen LogP contribution in [0.25, 0.3) is 0 Å². The molecule has 2 rings (SSSR count). The molecule has 0 saturated heterocycles. The van der Waals surface area contributed by atoms with E-state index in [9.17, 15) is 4.79 Å². The maximum Gasteiger partial charge on any atom is 0.271 e. The van der Waals surface area contributed by atoms with E-state index in [0.29, 0.717) is 29.5 Å². The molecule has 1 N–H and O–H groups in total. The summed E-state index contributed by atoms with van der Waals surface area (Å²) in [6, 6.07) is 12.1. The molecule has 0 unspecified atom stereocenters. The number of carbonyl (C=O) groups is 1. The number of hydrazone groups is 1. The number of hydrogen-bond donors (Lipinski definition) is 1. The Morgan fingerprint density at radius 1 is 1.17 bits per heavy atom. The predicted molar refractivity (Wildman–Crippen MR) is 95.3 cm³/mol. The highest BCUT2D eigenvalue weighted by molar-refractivity contribution is 6.30. The highest BCUT2D eigenvalue weighted by atomic mass is 35.5. The van der Waals surface area contributed by atoms with E-state index in [1.807, 2.05) is 26.0 Å². The molecule has 0 heterocycles. The van der Waals surface area contributed by atoms with Crippen LogP contribution in [0.3, 0.4) is 0 Å². The normalized spacial score (nSPS) is 10.6. The maximum atomic E-state index is 12.0. The van der Waals surface area contributed by atoms with Crippen LogP contribution in [-0.2, 0) is 0 Å². The number of rotatable bonds is 7. The van der Waals surface area contributed by atoms with Crippen molar-refractivity contribution in [3.63, 3.8) is 0 Å². The first kappa shape index (κ1) is 17.8. The van der Waals surface area contributed by atoms with Crippen molar-refractivity contribution in [2.75, 3.05) is 13.2 Å². The van der Waals surface area contributed by atoms with Crippen molar-refractivity contribution in [3.05, 3.63) is 58.6 Å². The standard InChI is InChI=1S/C18H19ClN2O3/c1-3-23-16-9-8-14(17(11-16)24-4-2)12-20-21-18(22)13-6-5-7-15(19)10-13/h5-12H,3-4H2,1-2H3,(H,21,22)/b20-12-. The lowest BCUT2D eigenvalue weighted by atomic mass is 10.2. The average molecular weight is 347 g/mol. The van der Waals surface area contributed by atoms with E-state index in [0.717, 1.165) is 11.3 Å². The van der Waals surface area contributed by atoms with Crippen molar-refractivity contribution in [1.82, 2.24) is 5.43 Å². The maximum absolute atomic E-state index is 12.0. The van der Waals surface area contributed by atoms with Gasteiger partial charge in [0.2, 0.25) is 0 Å². The highest BCUT2D eigenvalue weighted by Crippen LogP contribution is 2.24. The minimum Gasteiger partial charge on any atom is -0.494 e. The van der Waals surface area contributed by atoms with Crippen molar-refractivity contribution in [2.45, 2.75) is 13.8 Å². The van der Waals surface area contributed by atoms with Crippen molar-refractivity contribution < 1.29 is 14.3 Å². The average Bonchev–Trinajstić information content (AvgIpc) is 2.57. The third-order valence-corrected chi connectivity index (χ3v) is 3.29. The molecule has 0 bridgehead atoms. The molecule has 0 spiro atoms. The van der Waals surface area contributed by atoms with E-state index < -0.39 is 0 Å². The predicted octanol–water partition coefficient (Wildman–Crippen LogP) is 3.90. The second kappa shape index (κ2) is 8.93. The monoisotopic (exact) mass is 346 g/mol. The molecule has 0 radical (unpaired) electrons. The summed E-state index contributed by atoms with van der Waals surface area (Å²) in [5, 5.41) is 4.47. The Hall–Kier alpha value is -2.53. The van der Waals surface area contributed by atoms with Gasteiger partial charge in [0.1, 0.15) is 11.5 Å². The second-order valence-corrected chi connectivity index (χ2v) is 5.21. The summed E-state index contributed by atoms with van der Waals surface area (Å²) in [5.41, 5.74) is 3.65. The molecule has 2 aromatic carbocycles. The molecular weight excluding hydrogens is 328 g/mol. The zero-order chi connectivity index (χ0) is 17.4. The number of nitrogens with one attached hydrogen (secondary N) is 1. The zero-order valence-corrected chi connectivity index (χ0v) is 14.3. The SMILES string of the molecule is CCOc1ccc(/C=N\NC(=O)c2cccc(Cl)c2)c(OCC)c1. The van der Waals surface area contributed by atoms with Gasteiger partial charge < -0.3 is 9.47 Å². The third-order valence-electron chi connectivity index (χ3n) is 3.05. The van der Waals surface area contributed by atoms with E-state index in [2.05, 4.69) is 10.5 Å². The highest BCUT2D eigenvalue weighted by Gasteiger charge is 2.06. The van der Waals surface area contributed by atoms with Crippen molar-refractivity contribution in [1.29, 1.82) is 0 Å². The van der Waals surface area contributed by atoms with Gasteiger partial charge in [0.15, 0.2) is 0 Å². The molecule has 1 amide bonds. The van der Waals surface area contributed by atoms with Crippen LogP contribution in [0, 0.1) is 0 Å². The minimum atomic E-state index is -0.336. The lowest BCUT2D eigenvalue weighted by Gasteiger charge is -2.10. The zero-order valence-electron chi connectivity index (χ0n) is 13.6. The van der Waals surface area contributed by atoms with Crippen molar-refractivity contribution in [3.8, 4) is 11.5 Å². The van der Waals surface area contributed by atoms with E-state index in [1.165, 1.54) is 6.21 Å². The van der Waals surface area contributed by atoms with Crippen LogP contribution in [0.5, 0.6) is 11.5 Å². The number of ether oxygens (including phenoxy) is 2. The fourth-order valence-electron chi connectivity index (χ4n) is 2.01. The number of benzene rings is 2. The van der Waals surface area contributed by atoms with Crippen LogP contribution in [0.4, 0.5) is 0 Å². The van der Waals surface area contributed by atoms with Gasteiger partial charge in [-0.3, -0.25) is 4.79 Å². The topological polar surface area (TPSA) is 59.9 Å². The molecule has 0 atom stereocenters. The summed E-state index contributed by atoms with van der Waals surface area (Å²) in [7, 11) is 0. The van der Waals surface area contributed by atoms with Crippen LogP contribution < -0.4 is 14.9 Å². The van der Waals surface area contributed by atoms with Gasteiger partial charge in [0.25, 0.3) is 5.91 Å². The fourth-order valence-corrected chi connectivity index (χ4v) is 2.20. The molecule has 0 aliphatic rings. The number of hydrogen-bond acceptors (Lipinski definition) is 4. The quantitative estimate of drug-likeness (QED) is 0.611. The summed E-state index contributed by atoms with van der Waals surface area (Å²) >= 11 is 5.87. The molecular formula is C18H19ClN2O3. The van der Waals surface area contributed by atoms with Crippen molar-refractivity contribution >= 4 is 23.7 Å². The fraction of sp³-hybridized carbons (Fsp3) is 0.222. The van der Waals surface area contributed by atoms with Gasteiger partial charge >= 0.3 is 0 Å². The first-order chi connectivity index (χ1) is 11.6. The molecule has 0 saturated carbocycles. The Bertz CT molecular complexity index is 732. The number of nitrogens with zero attached hydrogens (tertiary/aromatic N) is 1. The first-order valence-electron chi connectivity index (χ1n) is 7.62. The lowest BCUT2D eigenvalue weighted by molar-refractivity contribution is 0.0955. The van der Waals surface area contributed by atoms with Gasteiger partial charge in [-0.2, -0.15) is 5.10 Å². The summed E-state index contributed by atoms with van der Waals surface area (Å²) in [6.07, 6.45) is 1.53. The molecule has 126 valence electrons. The van der Waals surface area contributed by atoms with Gasteiger partial charge in [-0.1, -0.05) is 17.7 Å². The Kier molecular flexibility index (Phi) is 6.63. The Morgan fingerprint density at radius 3 is 2.67 bits per heavy atom. The van der Waals surface area contributed by atoms with E-state index in [1.54, 1.807) is 30.3 Å². The van der Waals surface area contributed by atoms with E-state index >= 15 is 0 Å². The molecule has 0 aromatic heterocycles. The molecule has 5 nitrogen and oxygen atoms in total. The van der Waals surface area contributed by atoms with Gasteiger partial charge in [-0.25, -0.2) is 5.43 Å². The molecule has 0 aliphatic heterocycles. The molecule has 6 heteroatoms. The van der Waals surface area contributed by atoms with Gasteiger partial charge in [0, 0.05) is 22.2 Å². The minimum absolute atomic E-state index is 0.336. The summed E-state index contributed by atoms with van der Waals surface area (Å²) in [4.78, 5) is 12.0. The first-order valence-corrected chi connectivity index (χ1v) is 8.00. The van der Waals surface area contributed by atoms with Crippen LogP contribution in [0.15, 0.2) is 47.6 Å². The van der Waals surface area contributed by atoms with Crippen LogP contribution in [0.2, 0.25) is 5.02 Å². The Morgan fingerprint density at radius 2 is 1.96 bits per heavy atom. The molecule has 0 fully saturated rings. The van der Waals surface area contributed by atoms with E-state index in [4.69, 9.17) is 21.1 Å². The second-order valence-electron chi connectivity index (χ2n) is 4.78. The number of halogens is 1. The Labute approximate surface area is 146 Å². The molecule has 24 heavy (non-hydrogen) atoms. The Balaban J connectivity index is 2.09. The van der Waals surface area contributed by atoms with Gasteiger partial charge in [-0.15, -0.1) is 0 Å². The van der Waals surface area contributed by atoms with E-state index in [-0.39, 0.29) is 5.91 Å². The summed E-state index contributed by atoms with van der Waals surface area (Å²) in [5.74, 6) is 1.03. The molecule has 2 aromatic rings. The van der Waals surface area contributed by atoms with Crippen LogP contribution in [0.1, 0.15) is 29.8 Å². The lowest BCUT2D eigenvalue weighted by Crippen LogP contribution is -2.17. The third kappa shape index (κ3) is 4.99. The van der Waals surface area contributed by atoms with Crippen molar-refractivity contribution in [2.24, 2.45) is 5.10 Å². The van der Waals surface area contributed by atoms with Crippen LogP contribution in [-0.4, -0.2) is 25.3 Å².